The van der Waals surface area contributed by atoms with Crippen LogP contribution in [0.2, 0.25) is 0 Å². The number of sulfonamides is 1. The van der Waals surface area contributed by atoms with Gasteiger partial charge in [-0.05, 0) is 57.0 Å². The Labute approximate surface area is 165 Å². The molecule has 2 amide bonds. The summed E-state index contributed by atoms with van der Waals surface area (Å²) in [7, 11) is -3.87. The summed E-state index contributed by atoms with van der Waals surface area (Å²) in [5.41, 5.74) is 3.20. The first kappa shape index (κ1) is 21.6. The Hall–Kier alpha value is -2.71. The molecule has 1 unspecified atom stereocenters. The van der Waals surface area contributed by atoms with Gasteiger partial charge in [0.2, 0.25) is 21.8 Å². The Morgan fingerprint density at radius 1 is 0.929 bits per heavy atom. The molecule has 1 atom stereocenters. The summed E-state index contributed by atoms with van der Waals surface area (Å²) in [5.74, 6) is -0.737. The smallest absolute Gasteiger partial charge is 0.242 e. The molecule has 2 aromatic carbocycles. The van der Waals surface area contributed by atoms with Crippen LogP contribution in [0.15, 0.2) is 41.3 Å². The van der Waals surface area contributed by atoms with Crippen LogP contribution in [0.25, 0.3) is 0 Å². The molecule has 0 heterocycles. The highest BCUT2D eigenvalue weighted by Crippen LogP contribution is 2.22. The van der Waals surface area contributed by atoms with Gasteiger partial charge in [-0.2, -0.15) is 4.72 Å². The number of carbonyl (C=O) groups excluding carboxylic acids is 2. The minimum absolute atomic E-state index is 0.186. The Balaban J connectivity index is 2.15. The summed E-state index contributed by atoms with van der Waals surface area (Å²) < 4.78 is 28.0. The van der Waals surface area contributed by atoms with Crippen molar-refractivity contribution in [1.29, 1.82) is 0 Å². The molecular formula is C20H25N3O4S. The number of amides is 2. The van der Waals surface area contributed by atoms with Gasteiger partial charge in [-0.1, -0.05) is 23.8 Å². The highest BCUT2D eigenvalue weighted by Gasteiger charge is 2.25. The molecule has 150 valence electrons. The second-order valence-electron chi connectivity index (χ2n) is 6.82. The van der Waals surface area contributed by atoms with Crippen molar-refractivity contribution in [3.05, 3.63) is 53.1 Å². The zero-order valence-electron chi connectivity index (χ0n) is 16.6. The average Bonchev–Trinajstić information content (AvgIpc) is 2.52. The zero-order chi connectivity index (χ0) is 21.1. The van der Waals surface area contributed by atoms with Crippen LogP contribution >= 0.6 is 0 Å². The molecular weight excluding hydrogens is 378 g/mol. The maximum atomic E-state index is 12.8. The summed E-state index contributed by atoms with van der Waals surface area (Å²) in [5, 5.41) is 5.27. The predicted molar refractivity (Wildman–Crippen MR) is 110 cm³/mol. The first-order valence-electron chi connectivity index (χ1n) is 8.78. The number of anilines is 2. The third kappa shape index (κ3) is 5.40. The van der Waals surface area contributed by atoms with Crippen molar-refractivity contribution in [3.63, 3.8) is 0 Å². The second-order valence-corrected chi connectivity index (χ2v) is 8.47. The summed E-state index contributed by atoms with van der Waals surface area (Å²) in [6.45, 7) is 8.22. The fraction of sp³-hybridized carbons (Fsp3) is 0.300. The van der Waals surface area contributed by atoms with E-state index in [0.29, 0.717) is 22.5 Å². The molecule has 2 aromatic rings. The lowest BCUT2D eigenvalue weighted by atomic mass is 10.1. The van der Waals surface area contributed by atoms with E-state index in [2.05, 4.69) is 15.4 Å². The van der Waals surface area contributed by atoms with Crippen molar-refractivity contribution in [1.82, 2.24) is 4.72 Å². The van der Waals surface area contributed by atoms with E-state index in [-0.39, 0.29) is 10.8 Å². The van der Waals surface area contributed by atoms with E-state index in [4.69, 9.17) is 0 Å². The Morgan fingerprint density at radius 3 is 2.00 bits per heavy atom. The lowest BCUT2D eigenvalue weighted by molar-refractivity contribution is -0.117. The fourth-order valence-corrected chi connectivity index (χ4v) is 4.72. The topological polar surface area (TPSA) is 104 Å². The normalized spacial score (nSPS) is 12.3. The van der Waals surface area contributed by atoms with E-state index in [1.165, 1.54) is 13.8 Å². The van der Waals surface area contributed by atoms with Crippen molar-refractivity contribution in [2.24, 2.45) is 0 Å². The van der Waals surface area contributed by atoms with Crippen LogP contribution in [-0.4, -0.2) is 26.3 Å². The van der Waals surface area contributed by atoms with Gasteiger partial charge in [0.15, 0.2) is 0 Å². The van der Waals surface area contributed by atoms with Crippen molar-refractivity contribution < 1.29 is 18.0 Å². The highest BCUT2D eigenvalue weighted by molar-refractivity contribution is 7.89. The first-order chi connectivity index (χ1) is 13.0. The summed E-state index contributed by atoms with van der Waals surface area (Å²) in [4.78, 5) is 23.8. The number of carbonyl (C=O) groups is 2. The van der Waals surface area contributed by atoms with Gasteiger partial charge in [0.05, 0.1) is 10.9 Å². The number of aryl methyl sites for hydroxylation is 3. The van der Waals surface area contributed by atoms with E-state index in [0.717, 1.165) is 5.56 Å². The monoisotopic (exact) mass is 403 g/mol. The largest absolute Gasteiger partial charge is 0.326 e. The highest BCUT2D eigenvalue weighted by atomic mass is 32.2. The Bertz CT molecular complexity index is 993. The van der Waals surface area contributed by atoms with Crippen molar-refractivity contribution in [2.45, 2.75) is 45.6 Å². The molecule has 0 bridgehead atoms. The number of hydrogen-bond acceptors (Lipinski definition) is 4. The molecule has 3 N–H and O–H groups in total. The Kier molecular flexibility index (Phi) is 6.58. The number of hydrogen-bond donors (Lipinski definition) is 3. The van der Waals surface area contributed by atoms with Gasteiger partial charge in [0.25, 0.3) is 0 Å². The molecule has 0 saturated carbocycles. The third-order valence-electron chi connectivity index (χ3n) is 4.05. The van der Waals surface area contributed by atoms with Gasteiger partial charge in [-0.25, -0.2) is 8.42 Å². The molecule has 0 aliphatic heterocycles. The van der Waals surface area contributed by atoms with Gasteiger partial charge in [-0.3, -0.25) is 9.59 Å². The lowest BCUT2D eigenvalue weighted by Crippen LogP contribution is -2.42. The van der Waals surface area contributed by atoms with Crippen molar-refractivity contribution >= 4 is 33.2 Å². The standard InChI is InChI=1S/C20H25N3O4S/c1-12-9-13(2)19(14(3)10-12)28(26,27)23-15(4)20(25)22-18-8-6-7-17(11-18)21-16(5)24/h6-11,15,23H,1-5H3,(H,21,24)(H,22,25). The first-order valence-corrected chi connectivity index (χ1v) is 10.3. The van der Waals surface area contributed by atoms with Crippen molar-refractivity contribution in [3.8, 4) is 0 Å². The molecule has 0 aliphatic carbocycles. The maximum Gasteiger partial charge on any atom is 0.242 e. The molecule has 0 saturated heterocycles. The summed E-state index contributed by atoms with van der Waals surface area (Å²) in [6, 6.07) is 9.20. The third-order valence-corrected chi connectivity index (χ3v) is 5.89. The van der Waals surface area contributed by atoms with Crippen LogP contribution in [0.5, 0.6) is 0 Å². The Morgan fingerprint density at radius 2 is 1.46 bits per heavy atom. The van der Waals surface area contributed by atoms with Gasteiger partial charge < -0.3 is 10.6 Å². The van der Waals surface area contributed by atoms with Gasteiger partial charge in [0, 0.05) is 18.3 Å². The molecule has 7 nitrogen and oxygen atoms in total. The minimum atomic E-state index is -3.87. The zero-order valence-corrected chi connectivity index (χ0v) is 17.4. The number of rotatable bonds is 6. The number of benzene rings is 2. The molecule has 0 aromatic heterocycles. The van der Waals surface area contributed by atoms with Crippen LogP contribution in [0, 0.1) is 20.8 Å². The van der Waals surface area contributed by atoms with Crippen LogP contribution < -0.4 is 15.4 Å². The van der Waals surface area contributed by atoms with E-state index < -0.39 is 22.0 Å². The predicted octanol–water partition coefficient (Wildman–Crippen LogP) is 2.88. The summed E-state index contributed by atoms with van der Waals surface area (Å²) >= 11 is 0. The molecule has 8 heteroatoms. The SMILES string of the molecule is CC(=O)Nc1cccc(NC(=O)C(C)NS(=O)(=O)c2c(C)cc(C)cc2C)c1. The van der Waals surface area contributed by atoms with Crippen LogP contribution in [-0.2, 0) is 19.6 Å². The maximum absolute atomic E-state index is 12.8. The molecule has 2 rings (SSSR count). The molecule has 0 radical (unpaired) electrons. The molecule has 0 spiro atoms. The van der Waals surface area contributed by atoms with E-state index in [1.807, 2.05) is 6.92 Å². The van der Waals surface area contributed by atoms with Gasteiger partial charge in [0.1, 0.15) is 0 Å². The molecule has 28 heavy (non-hydrogen) atoms. The lowest BCUT2D eigenvalue weighted by Gasteiger charge is -2.17. The quantitative estimate of drug-likeness (QED) is 0.690. The summed E-state index contributed by atoms with van der Waals surface area (Å²) in [6.07, 6.45) is 0. The van der Waals surface area contributed by atoms with E-state index >= 15 is 0 Å². The van der Waals surface area contributed by atoms with Gasteiger partial charge >= 0.3 is 0 Å². The second kappa shape index (κ2) is 8.53. The average molecular weight is 404 g/mol. The van der Waals surface area contributed by atoms with Gasteiger partial charge in [-0.15, -0.1) is 0 Å². The van der Waals surface area contributed by atoms with E-state index in [9.17, 15) is 18.0 Å². The minimum Gasteiger partial charge on any atom is -0.326 e. The van der Waals surface area contributed by atoms with Crippen molar-refractivity contribution in [2.75, 3.05) is 10.6 Å². The fourth-order valence-electron chi connectivity index (χ4n) is 3.06. The molecule has 0 fully saturated rings. The van der Waals surface area contributed by atoms with Crippen LogP contribution in [0.4, 0.5) is 11.4 Å². The molecule has 0 aliphatic rings. The van der Waals surface area contributed by atoms with E-state index in [1.54, 1.807) is 50.2 Å². The number of nitrogens with one attached hydrogen (secondary N) is 3. The van der Waals surface area contributed by atoms with Crippen LogP contribution in [0.1, 0.15) is 30.5 Å². The van der Waals surface area contributed by atoms with Crippen LogP contribution in [0.3, 0.4) is 0 Å².